The predicted molar refractivity (Wildman–Crippen MR) is 72.0 cm³/mol. The molecular formula is C15H18N2O. The zero-order valence-electron chi connectivity index (χ0n) is 10.8. The van der Waals surface area contributed by atoms with E-state index < -0.39 is 0 Å². The van der Waals surface area contributed by atoms with Gasteiger partial charge in [0.05, 0.1) is 0 Å². The number of hydrogen-bond donors (Lipinski definition) is 1. The molecule has 1 aliphatic heterocycles. The molecule has 18 heavy (non-hydrogen) atoms. The molecule has 0 spiro atoms. The molecule has 2 atom stereocenters. The third-order valence-electron chi connectivity index (χ3n) is 3.15. The van der Waals surface area contributed by atoms with E-state index in [0.29, 0.717) is 0 Å². The first-order valence-corrected chi connectivity index (χ1v) is 6.28. The van der Waals surface area contributed by atoms with Crippen molar-refractivity contribution in [3.8, 4) is 11.8 Å². The topological polar surface area (TPSA) is 32.3 Å². The maximum atomic E-state index is 12.1. The normalized spacial score (nSPS) is 23.1. The van der Waals surface area contributed by atoms with E-state index in [9.17, 15) is 4.79 Å². The molecule has 2 rings (SSSR count). The second-order valence-electron chi connectivity index (χ2n) is 4.68. The summed E-state index contributed by atoms with van der Waals surface area (Å²) < 4.78 is 0. The van der Waals surface area contributed by atoms with Gasteiger partial charge in [0.2, 0.25) is 0 Å². The van der Waals surface area contributed by atoms with Crippen molar-refractivity contribution in [2.75, 3.05) is 13.1 Å². The Bertz CT molecular complexity index is 462. The summed E-state index contributed by atoms with van der Waals surface area (Å²) in [5.74, 6) is 5.58. The lowest BCUT2D eigenvalue weighted by Crippen LogP contribution is -2.56. The number of carbonyl (C=O) groups is 1. The molecule has 0 radical (unpaired) electrons. The molecule has 94 valence electrons. The van der Waals surface area contributed by atoms with Crippen LogP contribution in [0.2, 0.25) is 0 Å². The molecule has 1 N–H and O–H groups in total. The summed E-state index contributed by atoms with van der Waals surface area (Å²) in [6.45, 7) is 5.77. The van der Waals surface area contributed by atoms with Crippen molar-refractivity contribution in [1.29, 1.82) is 0 Å². The van der Waals surface area contributed by atoms with Gasteiger partial charge in [-0.2, -0.15) is 0 Å². The molecule has 3 heteroatoms. The van der Waals surface area contributed by atoms with Crippen LogP contribution in [0.5, 0.6) is 0 Å². The van der Waals surface area contributed by atoms with Gasteiger partial charge in [-0.05, 0) is 26.0 Å². The number of benzene rings is 1. The van der Waals surface area contributed by atoms with Crippen molar-refractivity contribution in [1.82, 2.24) is 10.2 Å². The number of rotatable bonds is 0. The molecule has 1 fully saturated rings. The number of nitrogens with one attached hydrogen (secondary N) is 1. The van der Waals surface area contributed by atoms with Gasteiger partial charge in [0, 0.05) is 36.7 Å². The summed E-state index contributed by atoms with van der Waals surface area (Å²) in [7, 11) is 0. The van der Waals surface area contributed by atoms with Crippen LogP contribution in [0, 0.1) is 11.8 Å². The Morgan fingerprint density at radius 2 is 1.83 bits per heavy atom. The maximum absolute atomic E-state index is 12.1. The van der Waals surface area contributed by atoms with Crippen molar-refractivity contribution in [2.45, 2.75) is 25.9 Å². The quantitative estimate of drug-likeness (QED) is 0.694. The number of carbonyl (C=O) groups excluding carboxylic acids is 1. The minimum Gasteiger partial charge on any atom is -0.324 e. The van der Waals surface area contributed by atoms with Crippen molar-refractivity contribution in [3.63, 3.8) is 0 Å². The largest absolute Gasteiger partial charge is 0.324 e. The van der Waals surface area contributed by atoms with Gasteiger partial charge in [0.15, 0.2) is 0 Å². The van der Waals surface area contributed by atoms with E-state index in [1.807, 2.05) is 49.1 Å². The lowest BCUT2D eigenvalue weighted by atomic mass is 10.1. The Morgan fingerprint density at radius 3 is 2.44 bits per heavy atom. The first-order chi connectivity index (χ1) is 8.68. The Hall–Kier alpha value is -1.79. The molecule has 1 aromatic rings. The number of amides is 1. The van der Waals surface area contributed by atoms with Gasteiger partial charge < -0.3 is 10.2 Å². The van der Waals surface area contributed by atoms with Crippen molar-refractivity contribution in [2.24, 2.45) is 0 Å². The molecule has 1 aliphatic rings. The summed E-state index contributed by atoms with van der Waals surface area (Å²) in [6.07, 6.45) is 0. The van der Waals surface area contributed by atoms with E-state index >= 15 is 0 Å². The molecule has 0 bridgehead atoms. The van der Waals surface area contributed by atoms with E-state index in [1.165, 1.54) is 0 Å². The molecule has 1 amide bonds. The monoisotopic (exact) mass is 242 g/mol. The lowest BCUT2D eigenvalue weighted by Gasteiger charge is -2.38. The molecule has 2 unspecified atom stereocenters. The van der Waals surface area contributed by atoms with Crippen LogP contribution in [-0.2, 0) is 4.79 Å². The second-order valence-corrected chi connectivity index (χ2v) is 4.68. The summed E-state index contributed by atoms with van der Waals surface area (Å²) in [5, 5.41) is 3.30. The van der Waals surface area contributed by atoms with Crippen LogP contribution in [0.1, 0.15) is 19.4 Å². The Morgan fingerprint density at radius 1 is 1.22 bits per heavy atom. The van der Waals surface area contributed by atoms with Crippen molar-refractivity contribution < 1.29 is 4.79 Å². The Kier molecular flexibility index (Phi) is 4.01. The summed E-state index contributed by atoms with van der Waals surface area (Å²) in [4.78, 5) is 14.0. The highest BCUT2D eigenvalue weighted by Gasteiger charge is 2.27. The van der Waals surface area contributed by atoms with Crippen LogP contribution < -0.4 is 5.32 Å². The molecule has 1 aromatic carbocycles. The van der Waals surface area contributed by atoms with Crippen molar-refractivity contribution >= 4 is 5.91 Å². The van der Waals surface area contributed by atoms with Gasteiger partial charge in [-0.25, -0.2) is 0 Å². The molecule has 1 heterocycles. The smallest absolute Gasteiger partial charge is 0.299 e. The maximum Gasteiger partial charge on any atom is 0.299 e. The minimum absolute atomic E-state index is 0.0830. The van der Waals surface area contributed by atoms with E-state index in [-0.39, 0.29) is 18.0 Å². The van der Waals surface area contributed by atoms with E-state index in [0.717, 1.165) is 18.7 Å². The van der Waals surface area contributed by atoms with Gasteiger partial charge in [-0.3, -0.25) is 4.79 Å². The minimum atomic E-state index is -0.0830. The van der Waals surface area contributed by atoms with Gasteiger partial charge in [-0.1, -0.05) is 24.1 Å². The molecule has 0 aromatic heterocycles. The molecule has 0 aliphatic carbocycles. The van der Waals surface area contributed by atoms with Crippen LogP contribution in [0.25, 0.3) is 0 Å². The van der Waals surface area contributed by atoms with Gasteiger partial charge >= 0.3 is 0 Å². The average molecular weight is 242 g/mol. The first kappa shape index (κ1) is 12.7. The fraction of sp³-hybridized carbons (Fsp3) is 0.400. The molecular weight excluding hydrogens is 224 g/mol. The Labute approximate surface area is 108 Å². The van der Waals surface area contributed by atoms with E-state index in [4.69, 9.17) is 0 Å². The van der Waals surface area contributed by atoms with Crippen molar-refractivity contribution in [3.05, 3.63) is 35.9 Å². The molecule has 1 saturated heterocycles. The SMILES string of the molecule is CC1CNCC(C)N1C(=O)C#Cc1ccccc1. The van der Waals surface area contributed by atoms with E-state index in [2.05, 4.69) is 17.2 Å². The van der Waals surface area contributed by atoms with Crippen LogP contribution in [0.3, 0.4) is 0 Å². The van der Waals surface area contributed by atoms with Gasteiger partial charge in [-0.15, -0.1) is 0 Å². The van der Waals surface area contributed by atoms with Crippen LogP contribution in [-0.4, -0.2) is 36.0 Å². The summed E-state index contributed by atoms with van der Waals surface area (Å²) in [5.41, 5.74) is 0.876. The third-order valence-corrected chi connectivity index (χ3v) is 3.15. The summed E-state index contributed by atoms with van der Waals surface area (Å²) in [6, 6.07) is 10.00. The predicted octanol–water partition coefficient (Wildman–Crippen LogP) is 1.25. The van der Waals surface area contributed by atoms with Crippen LogP contribution in [0.4, 0.5) is 0 Å². The molecule has 0 saturated carbocycles. The zero-order valence-corrected chi connectivity index (χ0v) is 10.8. The van der Waals surface area contributed by atoms with Gasteiger partial charge in [0.1, 0.15) is 0 Å². The van der Waals surface area contributed by atoms with E-state index in [1.54, 1.807) is 0 Å². The number of piperazine rings is 1. The highest BCUT2D eigenvalue weighted by Crippen LogP contribution is 2.09. The fourth-order valence-electron chi connectivity index (χ4n) is 2.24. The molecule has 3 nitrogen and oxygen atoms in total. The summed E-state index contributed by atoms with van der Waals surface area (Å²) >= 11 is 0. The fourth-order valence-corrected chi connectivity index (χ4v) is 2.24. The second kappa shape index (κ2) is 5.70. The van der Waals surface area contributed by atoms with Crippen LogP contribution in [0.15, 0.2) is 30.3 Å². The average Bonchev–Trinajstić information content (AvgIpc) is 2.37. The lowest BCUT2D eigenvalue weighted by molar-refractivity contribution is -0.130. The highest BCUT2D eigenvalue weighted by molar-refractivity contribution is 5.94. The van der Waals surface area contributed by atoms with Crippen LogP contribution >= 0.6 is 0 Å². The van der Waals surface area contributed by atoms with Gasteiger partial charge in [0.25, 0.3) is 5.91 Å². The number of nitrogens with zero attached hydrogens (tertiary/aromatic N) is 1. The third kappa shape index (κ3) is 2.91. The highest BCUT2D eigenvalue weighted by atomic mass is 16.2. The number of hydrogen-bond acceptors (Lipinski definition) is 2. The zero-order chi connectivity index (χ0) is 13.0. The Balaban J connectivity index is 2.10. The first-order valence-electron chi connectivity index (χ1n) is 6.28. The standard InChI is InChI=1S/C15H18N2O/c1-12-10-16-11-13(2)17(12)15(18)9-8-14-6-4-3-5-7-14/h3-7,12-13,16H,10-11H2,1-2H3.